The number of carbonyl (C=O) groups excluding carboxylic acids is 1. The molecule has 0 unspecified atom stereocenters. The van der Waals surface area contributed by atoms with Crippen molar-refractivity contribution in [2.45, 2.75) is 6.54 Å². The molecule has 0 bridgehead atoms. The highest BCUT2D eigenvalue weighted by Gasteiger charge is 2.14. The number of amides is 1. The molecule has 0 saturated carbocycles. The van der Waals surface area contributed by atoms with Crippen molar-refractivity contribution in [2.75, 3.05) is 5.32 Å². The van der Waals surface area contributed by atoms with E-state index in [9.17, 15) is 9.59 Å². The molecular weight excluding hydrogens is 406 g/mol. The summed E-state index contributed by atoms with van der Waals surface area (Å²) in [6.07, 6.45) is 0. The fraction of sp³-hybridized carbons (Fsp3) is 0.0455. The van der Waals surface area contributed by atoms with Crippen LogP contribution in [0.25, 0.3) is 32.0 Å². The Labute approximate surface area is 174 Å². The van der Waals surface area contributed by atoms with Gasteiger partial charge < -0.3 is 9.88 Å². The van der Waals surface area contributed by atoms with Crippen LogP contribution in [-0.2, 0) is 11.3 Å². The smallest absolute Gasteiger partial charge is 0.246 e. The SMILES string of the molecule is O=C(Cn1c2ccccc2c(=O)c2ccccc21)Nc1nc2ccc(Cl)cc2s1. The van der Waals surface area contributed by atoms with Gasteiger partial charge in [-0.15, -0.1) is 0 Å². The van der Waals surface area contributed by atoms with Crippen LogP contribution in [-0.4, -0.2) is 15.5 Å². The van der Waals surface area contributed by atoms with E-state index in [4.69, 9.17) is 11.6 Å². The topological polar surface area (TPSA) is 64.0 Å². The molecule has 5 rings (SSSR count). The van der Waals surface area contributed by atoms with Crippen molar-refractivity contribution in [3.63, 3.8) is 0 Å². The number of rotatable bonds is 3. The fourth-order valence-electron chi connectivity index (χ4n) is 3.50. The quantitative estimate of drug-likeness (QED) is 0.416. The van der Waals surface area contributed by atoms with Gasteiger partial charge in [-0.2, -0.15) is 0 Å². The molecule has 7 heteroatoms. The summed E-state index contributed by atoms with van der Waals surface area (Å²) in [5.41, 5.74) is 2.20. The largest absolute Gasteiger partial charge is 0.331 e. The molecular formula is C22H14ClN3O2S. The fourth-order valence-corrected chi connectivity index (χ4v) is 4.66. The van der Waals surface area contributed by atoms with E-state index < -0.39 is 0 Å². The van der Waals surface area contributed by atoms with Crippen molar-refractivity contribution in [3.8, 4) is 0 Å². The highest BCUT2D eigenvalue weighted by Crippen LogP contribution is 2.28. The number of nitrogens with one attached hydrogen (secondary N) is 1. The van der Waals surface area contributed by atoms with Gasteiger partial charge in [-0.25, -0.2) is 4.98 Å². The number of thiazole rings is 1. The van der Waals surface area contributed by atoms with E-state index in [1.54, 1.807) is 18.2 Å². The van der Waals surface area contributed by atoms with Gasteiger partial charge >= 0.3 is 0 Å². The highest BCUT2D eigenvalue weighted by molar-refractivity contribution is 7.22. The molecule has 0 atom stereocenters. The van der Waals surface area contributed by atoms with Crippen molar-refractivity contribution in [3.05, 3.63) is 82.0 Å². The molecule has 29 heavy (non-hydrogen) atoms. The lowest BCUT2D eigenvalue weighted by Crippen LogP contribution is -2.21. The number of hydrogen-bond donors (Lipinski definition) is 1. The maximum Gasteiger partial charge on any atom is 0.246 e. The van der Waals surface area contributed by atoms with Crippen molar-refractivity contribution >= 4 is 66.0 Å². The van der Waals surface area contributed by atoms with Crippen molar-refractivity contribution in [1.29, 1.82) is 0 Å². The van der Waals surface area contributed by atoms with Gasteiger partial charge in [-0.3, -0.25) is 9.59 Å². The zero-order chi connectivity index (χ0) is 20.0. The van der Waals surface area contributed by atoms with Crippen LogP contribution in [0.2, 0.25) is 5.02 Å². The van der Waals surface area contributed by atoms with Gasteiger partial charge in [0.05, 0.1) is 21.3 Å². The summed E-state index contributed by atoms with van der Waals surface area (Å²) in [6, 6.07) is 20.1. The molecule has 3 aromatic carbocycles. The number of para-hydroxylation sites is 2. The molecule has 0 spiro atoms. The van der Waals surface area contributed by atoms with Crippen molar-refractivity contribution < 1.29 is 4.79 Å². The van der Waals surface area contributed by atoms with Crippen LogP contribution in [0.5, 0.6) is 0 Å². The molecule has 0 aliphatic heterocycles. The lowest BCUT2D eigenvalue weighted by atomic mass is 10.1. The molecule has 142 valence electrons. The monoisotopic (exact) mass is 419 g/mol. The molecule has 0 aliphatic rings. The van der Waals surface area contributed by atoms with E-state index >= 15 is 0 Å². The van der Waals surface area contributed by atoms with Crippen LogP contribution in [0.4, 0.5) is 5.13 Å². The number of aromatic nitrogens is 2. The van der Waals surface area contributed by atoms with Crippen molar-refractivity contribution in [2.24, 2.45) is 0 Å². The van der Waals surface area contributed by atoms with Gasteiger partial charge in [-0.05, 0) is 42.5 Å². The molecule has 0 saturated heterocycles. The van der Waals surface area contributed by atoms with E-state index in [0.29, 0.717) is 20.9 Å². The summed E-state index contributed by atoms with van der Waals surface area (Å²) in [4.78, 5) is 30.1. The summed E-state index contributed by atoms with van der Waals surface area (Å²) in [5, 5.41) is 5.20. The van der Waals surface area contributed by atoms with E-state index in [0.717, 1.165) is 21.3 Å². The molecule has 5 nitrogen and oxygen atoms in total. The average Bonchev–Trinajstić information content (AvgIpc) is 3.12. The van der Waals surface area contributed by atoms with Gasteiger partial charge in [0.1, 0.15) is 6.54 Å². The van der Waals surface area contributed by atoms with Gasteiger partial charge in [0.2, 0.25) is 5.91 Å². The lowest BCUT2D eigenvalue weighted by Gasteiger charge is -2.14. The number of anilines is 1. The van der Waals surface area contributed by atoms with E-state index in [1.807, 2.05) is 53.1 Å². The molecule has 0 radical (unpaired) electrons. The molecule has 1 N–H and O–H groups in total. The number of pyridine rings is 1. The summed E-state index contributed by atoms with van der Waals surface area (Å²) < 4.78 is 2.78. The number of nitrogens with zero attached hydrogens (tertiary/aromatic N) is 2. The Morgan fingerprint density at radius 2 is 1.66 bits per heavy atom. The number of carbonyl (C=O) groups is 1. The zero-order valence-electron chi connectivity index (χ0n) is 15.1. The van der Waals surface area contributed by atoms with E-state index in [-0.39, 0.29) is 17.9 Å². The van der Waals surface area contributed by atoms with Crippen LogP contribution in [0.15, 0.2) is 71.5 Å². The molecule has 0 aliphatic carbocycles. The first-order valence-electron chi connectivity index (χ1n) is 8.96. The minimum Gasteiger partial charge on any atom is -0.331 e. The number of hydrogen-bond acceptors (Lipinski definition) is 4. The first-order valence-corrected chi connectivity index (χ1v) is 10.2. The Balaban J connectivity index is 1.55. The van der Waals surface area contributed by atoms with Crippen molar-refractivity contribution in [1.82, 2.24) is 9.55 Å². The summed E-state index contributed by atoms with van der Waals surface area (Å²) in [5.74, 6) is -0.214. The first kappa shape index (κ1) is 17.8. The minimum absolute atomic E-state index is 0.0316. The molecule has 2 heterocycles. The Hall–Kier alpha value is -3.22. The second-order valence-corrected chi connectivity index (χ2v) is 8.10. The normalized spacial score (nSPS) is 11.3. The third-order valence-corrected chi connectivity index (χ3v) is 5.95. The molecule has 5 aromatic rings. The van der Waals surface area contributed by atoms with Crippen LogP contribution in [0.3, 0.4) is 0 Å². The Kier molecular flexibility index (Phi) is 4.30. The molecule has 2 aromatic heterocycles. The Morgan fingerprint density at radius 3 is 2.34 bits per heavy atom. The van der Waals surface area contributed by atoms with Crippen LogP contribution < -0.4 is 10.7 Å². The second-order valence-electron chi connectivity index (χ2n) is 6.63. The summed E-state index contributed by atoms with van der Waals surface area (Å²) >= 11 is 7.40. The average molecular weight is 420 g/mol. The summed E-state index contributed by atoms with van der Waals surface area (Å²) in [7, 11) is 0. The lowest BCUT2D eigenvalue weighted by molar-refractivity contribution is -0.116. The van der Waals surface area contributed by atoms with Gasteiger partial charge in [0.25, 0.3) is 0 Å². The summed E-state index contributed by atoms with van der Waals surface area (Å²) in [6.45, 7) is 0.0674. The van der Waals surface area contributed by atoms with Crippen LogP contribution in [0.1, 0.15) is 0 Å². The predicted octanol–water partition coefficient (Wildman–Crippen LogP) is 5.06. The van der Waals surface area contributed by atoms with Gasteiger partial charge in [0, 0.05) is 15.8 Å². The first-order chi connectivity index (χ1) is 14.1. The third-order valence-electron chi connectivity index (χ3n) is 4.78. The highest BCUT2D eigenvalue weighted by atomic mass is 35.5. The standard InChI is InChI=1S/C22H14ClN3O2S/c23-13-9-10-16-19(11-13)29-22(24-16)25-20(27)12-26-17-7-3-1-5-14(17)21(28)15-6-2-4-8-18(15)26/h1-11H,12H2,(H,24,25,27). The predicted molar refractivity (Wildman–Crippen MR) is 119 cm³/mol. The number of halogens is 1. The Morgan fingerprint density at radius 1 is 1.00 bits per heavy atom. The number of benzene rings is 3. The van der Waals surface area contributed by atoms with Crippen LogP contribution >= 0.6 is 22.9 Å². The number of fused-ring (bicyclic) bond motifs is 3. The van der Waals surface area contributed by atoms with E-state index in [1.165, 1.54) is 11.3 Å². The Bertz CT molecular complexity index is 1410. The molecule has 0 fully saturated rings. The van der Waals surface area contributed by atoms with Gasteiger partial charge in [-0.1, -0.05) is 47.2 Å². The van der Waals surface area contributed by atoms with Crippen LogP contribution in [0, 0.1) is 0 Å². The van der Waals surface area contributed by atoms with Gasteiger partial charge in [0.15, 0.2) is 10.6 Å². The maximum atomic E-state index is 12.8. The maximum absolute atomic E-state index is 12.8. The third kappa shape index (κ3) is 3.16. The molecule has 1 amide bonds. The minimum atomic E-state index is -0.214. The zero-order valence-corrected chi connectivity index (χ0v) is 16.6. The van der Waals surface area contributed by atoms with E-state index in [2.05, 4.69) is 10.3 Å². The second kappa shape index (κ2) is 6.99.